The Hall–Kier alpha value is -2.13. The second-order valence-electron chi connectivity index (χ2n) is 3.91. The monoisotopic (exact) mass is 330 g/mol. The van der Waals surface area contributed by atoms with Gasteiger partial charge in [0.2, 0.25) is 0 Å². The number of sulfonamides is 1. The minimum atomic E-state index is -4.12. The molecule has 0 saturated heterocycles. The smallest absolute Gasteiger partial charge is 0.350 e. The van der Waals surface area contributed by atoms with Crippen molar-refractivity contribution in [2.45, 2.75) is 4.90 Å². The van der Waals surface area contributed by atoms with E-state index in [-0.39, 0.29) is 10.6 Å². The fourth-order valence-electron chi connectivity index (χ4n) is 1.59. The van der Waals surface area contributed by atoms with Crippen LogP contribution in [0.1, 0.15) is 9.67 Å². The third-order valence-corrected chi connectivity index (χ3v) is 4.90. The number of benzene rings is 1. The zero-order chi connectivity index (χ0) is 15.6. The molecule has 0 aliphatic rings. The van der Waals surface area contributed by atoms with Crippen LogP contribution in [0.25, 0.3) is 0 Å². The zero-order valence-electron chi connectivity index (χ0n) is 10.8. The highest BCUT2D eigenvalue weighted by Crippen LogP contribution is 2.28. The van der Waals surface area contributed by atoms with Gasteiger partial charge in [-0.25, -0.2) is 17.6 Å². The first-order valence-electron chi connectivity index (χ1n) is 5.59. The summed E-state index contributed by atoms with van der Waals surface area (Å²) in [6, 6.07) is 4.86. The fraction of sp³-hybridized carbons (Fsp3) is 0.0833. The molecule has 0 fully saturated rings. The van der Waals surface area contributed by atoms with Gasteiger partial charge in [-0.3, -0.25) is 4.72 Å². The van der Waals surface area contributed by atoms with Crippen molar-refractivity contribution >= 4 is 38.7 Å². The Bertz CT molecular complexity index is 786. The maximum Gasteiger partial charge on any atom is 0.350 e. The van der Waals surface area contributed by atoms with Gasteiger partial charge in [-0.15, -0.1) is 11.3 Å². The van der Waals surface area contributed by atoms with Crippen LogP contribution in [0.5, 0.6) is 0 Å². The molecule has 0 amide bonds. The SMILES string of the molecule is COC(=O)c1sccc1NS(=O)(=O)c1cccc(F)c1N. The molecule has 0 bridgehead atoms. The second kappa shape index (κ2) is 5.70. The number of esters is 1. The molecule has 1 aromatic carbocycles. The minimum absolute atomic E-state index is 0.0514. The van der Waals surface area contributed by atoms with Crippen LogP contribution in [0, 0.1) is 5.82 Å². The summed E-state index contributed by atoms with van der Waals surface area (Å²) in [5.41, 5.74) is 5.00. The van der Waals surface area contributed by atoms with Gasteiger partial charge in [-0.05, 0) is 23.6 Å². The molecular formula is C12H11FN2O4S2. The van der Waals surface area contributed by atoms with Crippen LogP contribution in [0.3, 0.4) is 0 Å². The number of carbonyl (C=O) groups excluding carboxylic acids is 1. The third kappa shape index (κ3) is 2.98. The number of ether oxygens (including phenoxy) is 1. The van der Waals surface area contributed by atoms with Gasteiger partial charge in [0.25, 0.3) is 10.0 Å². The van der Waals surface area contributed by atoms with Crippen LogP contribution >= 0.6 is 11.3 Å². The number of para-hydroxylation sites is 1. The van der Waals surface area contributed by atoms with Crippen molar-refractivity contribution in [1.82, 2.24) is 0 Å². The summed E-state index contributed by atoms with van der Waals surface area (Å²) in [5.74, 6) is -1.51. The van der Waals surface area contributed by atoms with Crippen molar-refractivity contribution in [3.05, 3.63) is 40.3 Å². The van der Waals surface area contributed by atoms with E-state index in [9.17, 15) is 17.6 Å². The van der Waals surface area contributed by atoms with Crippen molar-refractivity contribution in [2.24, 2.45) is 0 Å². The standard InChI is InChI=1S/C12H11FN2O4S2/c1-19-12(16)11-8(5-6-20-11)15-21(17,18)9-4-2-3-7(13)10(9)14/h2-6,15H,14H2,1H3. The number of nitrogen functional groups attached to an aromatic ring is 1. The quantitative estimate of drug-likeness (QED) is 0.660. The van der Waals surface area contributed by atoms with Gasteiger partial charge in [-0.1, -0.05) is 6.07 Å². The molecule has 21 heavy (non-hydrogen) atoms. The van der Waals surface area contributed by atoms with E-state index in [0.717, 1.165) is 17.4 Å². The molecule has 0 spiro atoms. The number of nitrogens with one attached hydrogen (secondary N) is 1. The maximum atomic E-state index is 13.4. The number of methoxy groups -OCH3 is 1. The summed E-state index contributed by atoms with van der Waals surface area (Å²) in [6.45, 7) is 0. The topological polar surface area (TPSA) is 98.5 Å². The molecule has 6 nitrogen and oxygen atoms in total. The molecule has 0 unspecified atom stereocenters. The van der Waals surface area contributed by atoms with Gasteiger partial charge in [0.15, 0.2) is 0 Å². The number of nitrogens with two attached hydrogens (primary N) is 1. The van der Waals surface area contributed by atoms with Crippen LogP contribution in [0.15, 0.2) is 34.5 Å². The van der Waals surface area contributed by atoms with Crippen molar-refractivity contribution in [3.63, 3.8) is 0 Å². The molecule has 0 saturated carbocycles. The number of hydrogen-bond donors (Lipinski definition) is 2. The molecule has 2 aromatic rings. The molecule has 0 aliphatic carbocycles. The number of rotatable bonds is 4. The van der Waals surface area contributed by atoms with Crippen molar-refractivity contribution < 1.29 is 22.3 Å². The predicted octanol–water partition coefficient (Wildman–Crippen LogP) is 2.06. The molecule has 112 valence electrons. The molecular weight excluding hydrogens is 319 g/mol. The summed E-state index contributed by atoms with van der Waals surface area (Å²) in [4.78, 5) is 11.2. The average molecular weight is 330 g/mol. The number of halogens is 1. The van der Waals surface area contributed by atoms with E-state index in [1.807, 2.05) is 0 Å². The first-order chi connectivity index (χ1) is 9.86. The highest BCUT2D eigenvalue weighted by atomic mass is 32.2. The number of thiophene rings is 1. The van der Waals surface area contributed by atoms with E-state index in [1.165, 1.54) is 30.7 Å². The third-order valence-electron chi connectivity index (χ3n) is 2.58. The summed E-state index contributed by atoms with van der Waals surface area (Å²) in [7, 11) is -2.93. The Kier molecular flexibility index (Phi) is 4.14. The first kappa shape index (κ1) is 15.3. The lowest BCUT2D eigenvalue weighted by molar-refractivity contribution is 0.0607. The van der Waals surface area contributed by atoms with E-state index in [2.05, 4.69) is 9.46 Å². The second-order valence-corrected chi connectivity index (χ2v) is 6.48. The van der Waals surface area contributed by atoms with Crippen molar-refractivity contribution in [1.29, 1.82) is 0 Å². The highest BCUT2D eigenvalue weighted by molar-refractivity contribution is 7.93. The van der Waals surface area contributed by atoms with Crippen LogP contribution in [0.2, 0.25) is 0 Å². The Morgan fingerprint density at radius 3 is 2.76 bits per heavy atom. The van der Waals surface area contributed by atoms with Crippen molar-refractivity contribution in [2.75, 3.05) is 17.6 Å². The lowest BCUT2D eigenvalue weighted by Gasteiger charge is -2.10. The zero-order valence-corrected chi connectivity index (χ0v) is 12.4. The van der Waals surface area contributed by atoms with Gasteiger partial charge in [0.1, 0.15) is 15.6 Å². The van der Waals surface area contributed by atoms with Crippen LogP contribution in [-0.2, 0) is 14.8 Å². The first-order valence-corrected chi connectivity index (χ1v) is 7.95. The molecule has 9 heteroatoms. The molecule has 0 atom stereocenters. The normalized spacial score (nSPS) is 11.1. The molecule has 0 radical (unpaired) electrons. The number of hydrogen-bond acceptors (Lipinski definition) is 6. The van der Waals surface area contributed by atoms with Gasteiger partial charge in [0, 0.05) is 0 Å². The number of anilines is 2. The maximum absolute atomic E-state index is 13.4. The van der Waals surface area contributed by atoms with Crippen LogP contribution < -0.4 is 10.5 Å². The van der Waals surface area contributed by atoms with Crippen molar-refractivity contribution in [3.8, 4) is 0 Å². The Morgan fingerprint density at radius 1 is 1.38 bits per heavy atom. The summed E-state index contributed by atoms with van der Waals surface area (Å²) >= 11 is 1.02. The van der Waals surface area contributed by atoms with Gasteiger partial charge >= 0.3 is 5.97 Å². The lowest BCUT2D eigenvalue weighted by Crippen LogP contribution is -2.16. The van der Waals surface area contributed by atoms with Gasteiger partial charge in [0.05, 0.1) is 18.5 Å². The Morgan fingerprint density at radius 2 is 2.10 bits per heavy atom. The van der Waals surface area contributed by atoms with E-state index in [4.69, 9.17) is 5.73 Å². The molecule has 2 rings (SSSR count). The van der Waals surface area contributed by atoms with Gasteiger partial charge < -0.3 is 10.5 Å². The minimum Gasteiger partial charge on any atom is -0.465 e. The Labute approximate surface area is 124 Å². The summed E-state index contributed by atoms with van der Waals surface area (Å²) in [6.07, 6.45) is 0. The molecule has 1 aromatic heterocycles. The van der Waals surface area contributed by atoms with E-state index >= 15 is 0 Å². The lowest BCUT2D eigenvalue weighted by atomic mass is 10.3. The van der Waals surface area contributed by atoms with E-state index in [1.54, 1.807) is 0 Å². The predicted molar refractivity (Wildman–Crippen MR) is 77.3 cm³/mol. The molecule has 0 aliphatic heterocycles. The average Bonchev–Trinajstić information content (AvgIpc) is 2.88. The summed E-state index contributed by atoms with van der Waals surface area (Å²) < 4.78 is 44.6. The van der Waals surface area contributed by atoms with Crippen LogP contribution in [0.4, 0.5) is 15.8 Å². The van der Waals surface area contributed by atoms with E-state index < -0.39 is 32.4 Å². The summed E-state index contributed by atoms with van der Waals surface area (Å²) in [5, 5.41) is 1.53. The fourth-order valence-corrected chi connectivity index (χ4v) is 3.64. The van der Waals surface area contributed by atoms with Gasteiger partial charge in [-0.2, -0.15) is 0 Å². The Balaban J connectivity index is 2.41. The van der Waals surface area contributed by atoms with E-state index in [0.29, 0.717) is 0 Å². The molecule has 3 N–H and O–H groups in total. The highest BCUT2D eigenvalue weighted by Gasteiger charge is 2.23. The number of carbonyl (C=O) groups is 1. The molecule has 1 heterocycles. The van der Waals surface area contributed by atoms with Crippen LogP contribution in [-0.4, -0.2) is 21.5 Å². The largest absolute Gasteiger partial charge is 0.465 e.